The van der Waals surface area contributed by atoms with Crippen LogP contribution in [0, 0.1) is 0 Å². The third-order valence-electron chi connectivity index (χ3n) is 2.84. The first-order chi connectivity index (χ1) is 8.72. The number of pyridine rings is 1. The molecule has 2 heterocycles. The molecule has 0 fully saturated rings. The second-order valence-electron chi connectivity index (χ2n) is 4.16. The van der Waals surface area contributed by atoms with Gasteiger partial charge in [-0.2, -0.15) is 0 Å². The van der Waals surface area contributed by atoms with E-state index in [1.165, 1.54) is 5.56 Å². The van der Waals surface area contributed by atoms with E-state index in [0.29, 0.717) is 0 Å². The Morgan fingerprint density at radius 2 is 2.11 bits per heavy atom. The topological polar surface area (TPSA) is 37.5 Å². The van der Waals surface area contributed by atoms with Gasteiger partial charge >= 0.3 is 0 Å². The number of benzene rings is 1. The highest BCUT2D eigenvalue weighted by atomic mass is 79.9. The molecule has 0 atom stereocenters. The summed E-state index contributed by atoms with van der Waals surface area (Å²) in [5.41, 5.74) is 2.10. The molecule has 0 unspecified atom stereocenters. The highest BCUT2D eigenvalue weighted by Crippen LogP contribution is 2.18. The Balaban J connectivity index is 2.00. The summed E-state index contributed by atoms with van der Waals surface area (Å²) in [7, 11) is 0. The first-order valence-electron chi connectivity index (χ1n) is 5.62. The Labute approximate surface area is 113 Å². The molecule has 3 nitrogen and oxygen atoms in total. The van der Waals surface area contributed by atoms with Crippen molar-refractivity contribution in [1.82, 2.24) is 9.38 Å². The van der Waals surface area contributed by atoms with Crippen LogP contribution in [0.25, 0.3) is 5.52 Å². The van der Waals surface area contributed by atoms with Crippen LogP contribution in [0.5, 0.6) is 5.75 Å². The van der Waals surface area contributed by atoms with Crippen LogP contribution in [-0.4, -0.2) is 14.5 Å². The standard InChI is InChI=1S/C14H11BrN2O/c15-11-3-1-2-10(6-11)7-14-16-9-12-8-13(18)4-5-17(12)14/h1-6,8-9,18H,7H2. The number of hydrogen-bond donors (Lipinski definition) is 1. The van der Waals surface area contributed by atoms with Gasteiger partial charge in [0.05, 0.1) is 11.7 Å². The molecule has 0 amide bonds. The van der Waals surface area contributed by atoms with Crippen LogP contribution in [-0.2, 0) is 6.42 Å². The summed E-state index contributed by atoms with van der Waals surface area (Å²) in [6, 6.07) is 11.6. The lowest BCUT2D eigenvalue weighted by Gasteiger charge is -2.03. The van der Waals surface area contributed by atoms with E-state index < -0.39 is 0 Å². The highest BCUT2D eigenvalue weighted by molar-refractivity contribution is 9.10. The van der Waals surface area contributed by atoms with Gasteiger partial charge in [-0.3, -0.25) is 0 Å². The van der Waals surface area contributed by atoms with Crippen LogP contribution in [0.3, 0.4) is 0 Å². The number of imidazole rings is 1. The van der Waals surface area contributed by atoms with Gasteiger partial charge in [-0.1, -0.05) is 28.1 Å². The molecule has 0 radical (unpaired) electrons. The monoisotopic (exact) mass is 302 g/mol. The van der Waals surface area contributed by atoms with E-state index >= 15 is 0 Å². The van der Waals surface area contributed by atoms with Gasteiger partial charge in [0.25, 0.3) is 0 Å². The lowest BCUT2D eigenvalue weighted by atomic mass is 10.1. The molecule has 0 bridgehead atoms. The predicted molar refractivity (Wildman–Crippen MR) is 73.8 cm³/mol. The lowest BCUT2D eigenvalue weighted by Crippen LogP contribution is -1.95. The Hall–Kier alpha value is -1.81. The highest BCUT2D eigenvalue weighted by Gasteiger charge is 2.05. The van der Waals surface area contributed by atoms with E-state index in [-0.39, 0.29) is 5.75 Å². The molecule has 0 aliphatic carbocycles. The second kappa shape index (κ2) is 4.46. The molecule has 90 valence electrons. The molecule has 0 spiro atoms. The molecule has 1 N–H and O–H groups in total. The molecule has 0 saturated heterocycles. The fourth-order valence-electron chi connectivity index (χ4n) is 2.00. The molecule has 3 rings (SSSR count). The van der Waals surface area contributed by atoms with Crippen molar-refractivity contribution in [3.63, 3.8) is 0 Å². The third-order valence-corrected chi connectivity index (χ3v) is 3.34. The average Bonchev–Trinajstić information content (AvgIpc) is 2.72. The number of rotatable bonds is 2. The molecule has 4 heteroatoms. The predicted octanol–water partition coefficient (Wildman–Crippen LogP) is 3.39. The fraction of sp³-hybridized carbons (Fsp3) is 0.0714. The van der Waals surface area contributed by atoms with Crippen molar-refractivity contribution in [3.8, 4) is 5.75 Å². The van der Waals surface area contributed by atoms with Gasteiger partial charge in [0.2, 0.25) is 0 Å². The molecule has 0 aliphatic rings. The number of nitrogens with zero attached hydrogens (tertiary/aromatic N) is 2. The normalized spacial score (nSPS) is 10.9. The van der Waals surface area contributed by atoms with E-state index in [9.17, 15) is 5.11 Å². The summed E-state index contributed by atoms with van der Waals surface area (Å²) in [5, 5.41) is 9.42. The molecular weight excluding hydrogens is 292 g/mol. The van der Waals surface area contributed by atoms with Gasteiger partial charge in [-0.25, -0.2) is 4.98 Å². The van der Waals surface area contributed by atoms with Crippen molar-refractivity contribution in [2.75, 3.05) is 0 Å². The zero-order chi connectivity index (χ0) is 12.5. The van der Waals surface area contributed by atoms with E-state index in [1.807, 2.05) is 22.7 Å². The lowest BCUT2D eigenvalue weighted by molar-refractivity contribution is 0.475. The van der Waals surface area contributed by atoms with E-state index in [1.54, 1.807) is 18.3 Å². The van der Waals surface area contributed by atoms with Gasteiger partial charge < -0.3 is 9.51 Å². The fourth-order valence-corrected chi connectivity index (χ4v) is 2.45. The molecular formula is C14H11BrN2O. The molecule has 3 aromatic rings. The average molecular weight is 303 g/mol. The molecule has 0 aliphatic heterocycles. The summed E-state index contributed by atoms with van der Waals surface area (Å²) in [4.78, 5) is 4.40. The Bertz CT molecular complexity index is 706. The number of halogens is 1. The molecule has 0 saturated carbocycles. The zero-order valence-electron chi connectivity index (χ0n) is 9.55. The number of hydrogen-bond acceptors (Lipinski definition) is 2. The summed E-state index contributed by atoms with van der Waals surface area (Å²) >= 11 is 3.47. The first-order valence-corrected chi connectivity index (χ1v) is 6.41. The molecule has 1 aromatic carbocycles. The van der Waals surface area contributed by atoms with Crippen LogP contribution in [0.1, 0.15) is 11.4 Å². The van der Waals surface area contributed by atoms with Crippen molar-refractivity contribution >= 4 is 21.4 Å². The van der Waals surface area contributed by atoms with Crippen LogP contribution in [0.2, 0.25) is 0 Å². The van der Waals surface area contributed by atoms with Crippen molar-refractivity contribution in [3.05, 3.63) is 64.7 Å². The minimum Gasteiger partial charge on any atom is -0.508 e. The van der Waals surface area contributed by atoms with E-state index in [0.717, 1.165) is 22.2 Å². The zero-order valence-corrected chi connectivity index (χ0v) is 11.1. The van der Waals surface area contributed by atoms with Crippen LogP contribution < -0.4 is 0 Å². The minimum atomic E-state index is 0.261. The van der Waals surface area contributed by atoms with Crippen molar-refractivity contribution in [1.29, 1.82) is 0 Å². The van der Waals surface area contributed by atoms with Gasteiger partial charge in [-0.05, 0) is 23.8 Å². The van der Waals surface area contributed by atoms with Crippen molar-refractivity contribution < 1.29 is 5.11 Å². The summed E-state index contributed by atoms with van der Waals surface area (Å²) in [5.74, 6) is 1.22. The second-order valence-corrected chi connectivity index (χ2v) is 5.08. The third kappa shape index (κ3) is 2.11. The van der Waals surface area contributed by atoms with E-state index in [2.05, 4.69) is 33.0 Å². The molecule has 18 heavy (non-hydrogen) atoms. The summed E-state index contributed by atoms with van der Waals surface area (Å²) in [6.07, 6.45) is 4.37. The smallest absolute Gasteiger partial charge is 0.119 e. The maximum absolute atomic E-state index is 9.42. The summed E-state index contributed by atoms with van der Waals surface area (Å²) in [6.45, 7) is 0. The molecule has 2 aromatic heterocycles. The number of aromatic hydroxyl groups is 1. The van der Waals surface area contributed by atoms with Gasteiger partial charge in [-0.15, -0.1) is 0 Å². The van der Waals surface area contributed by atoms with Gasteiger partial charge in [0.15, 0.2) is 0 Å². The Morgan fingerprint density at radius 1 is 1.22 bits per heavy atom. The number of fused-ring (bicyclic) bond motifs is 1. The van der Waals surface area contributed by atoms with Crippen LogP contribution in [0.15, 0.2) is 53.3 Å². The maximum atomic E-state index is 9.42. The minimum absolute atomic E-state index is 0.261. The number of aromatic nitrogens is 2. The van der Waals surface area contributed by atoms with Crippen molar-refractivity contribution in [2.45, 2.75) is 6.42 Å². The largest absolute Gasteiger partial charge is 0.508 e. The first kappa shape index (κ1) is 11.3. The van der Waals surface area contributed by atoms with Crippen molar-refractivity contribution in [2.24, 2.45) is 0 Å². The van der Waals surface area contributed by atoms with E-state index in [4.69, 9.17) is 0 Å². The Morgan fingerprint density at radius 3 is 2.94 bits per heavy atom. The maximum Gasteiger partial charge on any atom is 0.119 e. The van der Waals surface area contributed by atoms with Gasteiger partial charge in [0.1, 0.15) is 11.6 Å². The summed E-state index contributed by atoms with van der Waals surface area (Å²) < 4.78 is 3.05. The van der Waals surface area contributed by atoms with Crippen LogP contribution >= 0.6 is 15.9 Å². The SMILES string of the molecule is Oc1ccn2c(Cc3cccc(Br)c3)ncc2c1. The Kier molecular flexibility index (Phi) is 2.80. The van der Waals surface area contributed by atoms with Gasteiger partial charge in [0, 0.05) is 23.2 Å². The van der Waals surface area contributed by atoms with Crippen LogP contribution in [0.4, 0.5) is 0 Å². The quantitative estimate of drug-likeness (QED) is 0.788.